The molecule has 0 saturated carbocycles. The van der Waals surface area contributed by atoms with Gasteiger partial charge in [-0.3, -0.25) is 14.6 Å². The van der Waals surface area contributed by atoms with Gasteiger partial charge in [-0.1, -0.05) is 6.08 Å². The van der Waals surface area contributed by atoms with E-state index in [1.807, 2.05) is 0 Å². The number of nitrogens with zero attached hydrogens (tertiary/aromatic N) is 3. The molecule has 2 fully saturated rings. The van der Waals surface area contributed by atoms with Crippen LogP contribution in [0.15, 0.2) is 24.1 Å². The molecular weight excluding hydrogens is 358 g/mol. The van der Waals surface area contributed by atoms with E-state index in [9.17, 15) is 14.0 Å². The molecule has 1 N–H and O–H groups in total. The molecule has 3 rings (SSSR count). The normalized spacial score (nSPS) is 32.0. The fourth-order valence-corrected chi connectivity index (χ4v) is 3.56. The summed E-state index contributed by atoms with van der Waals surface area (Å²) >= 11 is 0. The monoisotopic (exact) mass is 380 g/mol. The number of carbonyl (C=O) groups excluding carboxylic acids is 2. The van der Waals surface area contributed by atoms with Gasteiger partial charge in [0.05, 0.1) is 25.2 Å². The van der Waals surface area contributed by atoms with Crippen molar-refractivity contribution in [2.75, 3.05) is 26.2 Å². The Hall–Kier alpha value is -2.47. The highest BCUT2D eigenvalue weighted by atomic mass is 19.2. The minimum atomic E-state index is -2.35. The minimum Gasteiger partial charge on any atom is -0.442 e. The van der Waals surface area contributed by atoms with Gasteiger partial charge >= 0.3 is 6.09 Å². The molecule has 3 atom stereocenters. The molecule has 146 valence electrons. The number of likely N-dealkylation sites (tertiary alicyclic amines) is 1. The van der Waals surface area contributed by atoms with Gasteiger partial charge in [-0.15, -0.1) is 0 Å². The molecule has 3 unspecified atom stereocenters. The van der Waals surface area contributed by atoms with Crippen LogP contribution in [0.5, 0.6) is 0 Å². The topological polar surface area (TPSA) is 85.7 Å². The summed E-state index contributed by atoms with van der Waals surface area (Å²) in [5.74, 6) is -3.69. The summed E-state index contributed by atoms with van der Waals surface area (Å²) in [7, 11) is 0. The molecule has 1 aliphatic carbocycles. The van der Waals surface area contributed by atoms with Gasteiger partial charge < -0.3 is 10.1 Å². The second kappa shape index (κ2) is 7.64. The number of rotatable bonds is 4. The van der Waals surface area contributed by atoms with E-state index in [0.29, 0.717) is 12.8 Å². The number of nitrogens with one attached hydrogen (secondary N) is 1. The Morgan fingerprint density at radius 1 is 1.48 bits per heavy atom. The van der Waals surface area contributed by atoms with Crippen LogP contribution in [0, 0.1) is 17.2 Å². The zero-order valence-corrected chi connectivity index (χ0v) is 15.0. The SMILES string of the molecule is CC(=O)NCC1CN(C2C=CC(F)(N3CCC(C#N)CC3)C(F)=C2)C(=O)O1. The average Bonchev–Trinajstić information content (AvgIpc) is 3.03. The molecule has 27 heavy (non-hydrogen) atoms. The first kappa shape index (κ1) is 19.3. The number of hydrogen-bond acceptors (Lipinski definition) is 5. The highest BCUT2D eigenvalue weighted by Gasteiger charge is 2.45. The van der Waals surface area contributed by atoms with Crippen molar-refractivity contribution in [2.24, 2.45) is 5.92 Å². The van der Waals surface area contributed by atoms with E-state index in [1.54, 1.807) is 0 Å². The molecule has 0 aromatic rings. The van der Waals surface area contributed by atoms with Crippen LogP contribution >= 0.6 is 0 Å². The van der Waals surface area contributed by atoms with Crippen LogP contribution in [0.1, 0.15) is 19.8 Å². The quantitative estimate of drug-likeness (QED) is 0.592. The lowest BCUT2D eigenvalue weighted by molar-refractivity contribution is -0.119. The maximum atomic E-state index is 15.3. The average molecular weight is 380 g/mol. The molecule has 7 nitrogen and oxygen atoms in total. The summed E-state index contributed by atoms with van der Waals surface area (Å²) in [6.45, 7) is 2.27. The van der Waals surface area contributed by atoms with Gasteiger partial charge in [0.1, 0.15) is 6.10 Å². The summed E-state index contributed by atoms with van der Waals surface area (Å²) in [6.07, 6.45) is 3.48. The van der Waals surface area contributed by atoms with Gasteiger partial charge in [0.25, 0.3) is 0 Å². The predicted molar refractivity (Wildman–Crippen MR) is 91.5 cm³/mol. The summed E-state index contributed by atoms with van der Waals surface area (Å²) in [4.78, 5) is 25.7. The first-order valence-corrected chi connectivity index (χ1v) is 8.96. The van der Waals surface area contributed by atoms with Crippen LogP contribution in [0.2, 0.25) is 0 Å². The largest absolute Gasteiger partial charge is 0.442 e. The third-order valence-electron chi connectivity index (χ3n) is 5.14. The Bertz CT molecular complexity index is 712. The lowest BCUT2D eigenvalue weighted by Gasteiger charge is -2.40. The van der Waals surface area contributed by atoms with E-state index in [4.69, 9.17) is 10.00 Å². The molecule has 0 radical (unpaired) electrons. The van der Waals surface area contributed by atoms with E-state index < -0.39 is 29.9 Å². The van der Waals surface area contributed by atoms with Gasteiger partial charge in [0.2, 0.25) is 11.7 Å². The van der Waals surface area contributed by atoms with Crippen LogP contribution in [-0.2, 0) is 9.53 Å². The van der Waals surface area contributed by atoms with Crippen molar-refractivity contribution in [3.8, 4) is 6.07 Å². The van der Waals surface area contributed by atoms with Crippen molar-refractivity contribution in [2.45, 2.75) is 37.7 Å². The Morgan fingerprint density at radius 2 is 2.19 bits per heavy atom. The van der Waals surface area contributed by atoms with Crippen molar-refractivity contribution in [3.63, 3.8) is 0 Å². The van der Waals surface area contributed by atoms with Crippen LogP contribution in [-0.4, -0.2) is 65.9 Å². The lowest BCUT2D eigenvalue weighted by Crippen LogP contribution is -2.50. The van der Waals surface area contributed by atoms with Crippen molar-refractivity contribution >= 4 is 12.0 Å². The van der Waals surface area contributed by atoms with Crippen LogP contribution < -0.4 is 5.32 Å². The van der Waals surface area contributed by atoms with Gasteiger partial charge in [-0.05, 0) is 25.0 Å². The third kappa shape index (κ3) is 3.95. The summed E-state index contributed by atoms with van der Waals surface area (Å²) in [5, 5.41) is 11.5. The summed E-state index contributed by atoms with van der Waals surface area (Å²) < 4.78 is 35.1. The molecule has 2 heterocycles. The third-order valence-corrected chi connectivity index (χ3v) is 5.14. The molecule has 0 spiro atoms. The molecule has 2 saturated heterocycles. The second-order valence-corrected chi connectivity index (χ2v) is 7.02. The molecule has 0 bridgehead atoms. The molecule has 2 aliphatic heterocycles. The van der Waals surface area contributed by atoms with Crippen LogP contribution in [0.25, 0.3) is 0 Å². The van der Waals surface area contributed by atoms with Crippen molar-refractivity contribution in [3.05, 3.63) is 24.1 Å². The van der Waals surface area contributed by atoms with E-state index >= 15 is 4.39 Å². The highest BCUT2D eigenvalue weighted by molar-refractivity contribution is 5.73. The Kier molecular flexibility index (Phi) is 5.46. The minimum absolute atomic E-state index is 0.128. The first-order valence-electron chi connectivity index (χ1n) is 8.96. The van der Waals surface area contributed by atoms with Crippen molar-refractivity contribution < 1.29 is 23.1 Å². The maximum Gasteiger partial charge on any atom is 0.411 e. The number of ether oxygens (including phenoxy) is 1. The van der Waals surface area contributed by atoms with Crippen molar-refractivity contribution in [1.82, 2.24) is 15.1 Å². The first-order chi connectivity index (χ1) is 12.8. The Labute approximate surface area is 156 Å². The Balaban J connectivity index is 1.64. The van der Waals surface area contributed by atoms with Gasteiger partial charge in [0.15, 0.2) is 5.83 Å². The van der Waals surface area contributed by atoms with Crippen LogP contribution in [0.3, 0.4) is 0 Å². The standard InChI is InChI=1S/C18H22F2N4O3/c1-12(25)22-10-15-11-24(17(26)27-15)14-2-5-18(20,16(19)8-14)23-6-3-13(9-21)4-7-23/h2,5,8,13-15H,3-4,6-7,10-11H2,1H3,(H,22,25). The smallest absolute Gasteiger partial charge is 0.411 e. The second-order valence-electron chi connectivity index (χ2n) is 7.02. The van der Waals surface area contributed by atoms with Gasteiger partial charge in [0, 0.05) is 25.9 Å². The van der Waals surface area contributed by atoms with Gasteiger partial charge in [-0.25, -0.2) is 13.6 Å². The van der Waals surface area contributed by atoms with Crippen molar-refractivity contribution in [1.29, 1.82) is 5.26 Å². The molecule has 0 aromatic heterocycles. The number of nitriles is 1. The highest BCUT2D eigenvalue weighted by Crippen LogP contribution is 2.37. The number of cyclic esters (lactones) is 1. The molecule has 3 aliphatic rings. The predicted octanol–water partition coefficient (Wildman–Crippen LogP) is 1.64. The number of carbonyl (C=O) groups is 2. The summed E-state index contributed by atoms with van der Waals surface area (Å²) in [5.41, 5.74) is 0. The van der Waals surface area contributed by atoms with Gasteiger partial charge in [-0.2, -0.15) is 5.26 Å². The van der Waals surface area contributed by atoms with E-state index in [1.165, 1.54) is 22.8 Å². The molecule has 9 heteroatoms. The fraction of sp³-hybridized carbons (Fsp3) is 0.611. The lowest BCUT2D eigenvalue weighted by atomic mass is 9.94. The van der Waals surface area contributed by atoms with E-state index in [2.05, 4.69) is 11.4 Å². The number of halogens is 2. The van der Waals surface area contributed by atoms with E-state index in [0.717, 1.165) is 12.2 Å². The molecule has 0 aromatic carbocycles. The number of amides is 2. The summed E-state index contributed by atoms with van der Waals surface area (Å²) in [6, 6.07) is 1.41. The zero-order chi connectivity index (χ0) is 19.6. The maximum absolute atomic E-state index is 15.3. The number of piperidine rings is 1. The molecular formula is C18H22F2N4O3. The Morgan fingerprint density at radius 3 is 2.78 bits per heavy atom. The van der Waals surface area contributed by atoms with Crippen LogP contribution in [0.4, 0.5) is 13.6 Å². The number of hydrogen-bond donors (Lipinski definition) is 1. The molecule has 2 amide bonds. The fourth-order valence-electron chi connectivity index (χ4n) is 3.56. The zero-order valence-electron chi connectivity index (χ0n) is 15.0. The van der Waals surface area contributed by atoms with E-state index in [-0.39, 0.29) is 38.0 Å². The number of alkyl halides is 1.